The average molecular weight is 366 g/mol. The highest BCUT2D eigenvalue weighted by Crippen LogP contribution is 2.10. The van der Waals surface area contributed by atoms with Gasteiger partial charge in [0.15, 0.2) is 0 Å². The molecule has 3 aromatic rings. The molecule has 0 heterocycles. The molecule has 0 fully saturated rings. The summed E-state index contributed by atoms with van der Waals surface area (Å²) in [7, 11) is 0. The lowest BCUT2D eigenvalue weighted by Crippen LogP contribution is -1.85. The molecule has 0 nitrogen and oxygen atoms in total. The quantitative estimate of drug-likeness (QED) is 0.479. The van der Waals surface area contributed by atoms with Crippen LogP contribution in [0.1, 0.15) is 53.1 Å². The molecule has 28 heavy (non-hydrogen) atoms. The molecule has 1 heteroatoms. The van der Waals surface area contributed by atoms with Crippen molar-refractivity contribution in [3.63, 3.8) is 0 Å². The standard InChI is InChI=1S/C27H23F/c1-3-4-5-22-8-10-23(11-9-22)12-13-24-14-16-25(17-15-24)18-19-26-7-6-21(2)27(28)20-26/h6-11,14-17,20H,3-5H2,1-2H3. The second kappa shape index (κ2) is 9.59. The molecule has 0 bridgehead atoms. The maximum absolute atomic E-state index is 13.6. The lowest BCUT2D eigenvalue weighted by atomic mass is 10.1. The van der Waals surface area contributed by atoms with Crippen molar-refractivity contribution in [3.8, 4) is 23.7 Å². The largest absolute Gasteiger partial charge is 0.207 e. The summed E-state index contributed by atoms with van der Waals surface area (Å²) in [6, 6.07) is 21.3. The molecule has 0 saturated carbocycles. The summed E-state index contributed by atoms with van der Waals surface area (Å²) in [6.45, 7) is 3.95. The molecule has 0 atom stereocenters. The lowest BCUT2D eigenvalue weighted by Gasteiger charge is -1.99. The maximum atomic E-state index is 13.6. The molecule has 0 N–H and O–H groups in total. The molecule has 0 radical (unpaired) electrons. The fourth-order valence-corrected chi connectivity index (χ4v) is 2.73. The first-order valence-corrected chi connectivity index (χ1v) is 9.63. The fraction of sp³-hybridized carbons (Fsp3) is 0.185. The van der Waals surface area contributed by atoms with Gasteiger partial charge in [-0.15, -0.1) is 0 Å². The SMILES string of the molecule is CCCCc1ccc(C#Cc2ccc(C#Cc3ccc(C)c(F)c3)cc2)cc1. The summed E-state index contributed by atoms with van der Waals surface area (Å²) in [5, 5.41) is 0. The smallest absolute Gasteiger partial charge is 0.127 e. The predicted octanol–water partition coefficient (Wildman–Crippen LogP) is 6.28. The number of hydrogen-bond donors (Lipinski definition) is 0. The Labute approximate surface area is 167 Å². The minimum Gasteiger partial charge on any atom is -0.207 e. The summed E-state index contributed by atoms with van der Waals surface area (Å²) in [6.07, 6.45) is 3.56. The first kappa shape index (κ1) is 19.5. The Hall–Kier alpha value is -3.29. The molecular formula is C27H23F. The van der Waals surface area contributed by atoms with Crippen LogP contribution in [0.2, 0.25) is 0 Å². The monoisotopic (exact) mass is 366 g/mol. The van der Waals surface area contributed by atoms with Crippen LogP contribution < -0.4 is 0 Å². The van der Waals surface area contributed by atoms with Crippen LogP contribution in [-0.2, 0) is 6.42 Å². The van der Waals surface area contributed by atoms with Gasteiger partial charge in [-0.25, -0.2) is 4.39 Å². The number of hydrogen-bond acceptors (Lipinski definition) is 0. The van der Waals surface area contributed by atoms with Gasteiger partial charge in [0.25, 0.3) is 0 Å². The van der Waals surface area contributed by atoms with E-state index < -0.39 is 0 Å². The third kappa shape index (κ3) is 5.60. The van der Waals surface area contributed by atoms with Gasteiger partial charge in [-0.3, -0.25) is 0 Å². The predicted molar refractivity (Wildman–Crippen MR) is 115 cm³/mol. The van der Waals surface area contributed by atoms with Crippen LogP contribution in [0.4, 0.5) is 4.39 Å². The summed E-state index contributed by atoms with van der Waals surface area (Å²) < 4.78 is 13.6. The van der Waals surface area contributed by atoms with E-state index in [2.05, 4.69) is 54.9 Å². The van der Waals surface area contributed by atoms with E-state index in [4.69, 9.17) is 0 Å². The van der Waals surface area contributed by atoms with E-state index in [1.165, 1.54) is 24.5 Å². The van der Waals surface area contributed by atoms with Gasteiger partial charge in [0, 0.05) is 22.3 Å². The molecule has 0 amide bonds. The second-order valence-electron chi connectivity index (χ2n) is 6.84. The lowest BCUT2D eigenvalue weighted by molar-refractivity contribution is 0.618. The molecule has 0 aliphatic carbocycles. The summed E-state index contributed by atoms with van der Waals surface area (Å²) >= 11 is 0. The van der Waals surface area contributed by atoms with Crippen molar-refractivity contribution in [2.75, 3.05) is 0 Å². The minimum absolute atomic E-state index is 0.226. The number of aryl methyl sites for hydroxylation is 2. The van der Waals surface area contributed by atoms with Crippen LogP contribution in [0.5, 0.6) is 0 Å². The van der Waals surface area contributed by atoms with E-state index in [0.717, 1.165) is 23.1 Å². The molecule has 0 aliphatic heterocycles. The Balaban J connectivity index is 1.66. The molecule has 0 aromatic heterocycles. The Morgan fingerprint density at radius 2 is 1.14 bits per heavy atom. The van der Waals surface area contributed by atoms with Crippen LogP contribution >= 0.6 is 0 Å². The molecule has 0 saturated heterocycles. The van der Waals surface area contributed by atoms with Gasteiger partial charge >= 0.3 is 0 Å². The van der Waals surface area contributed by atoms with Crippen LogP contribution in [0.25, 0.3) is 0 Å². The van der Waals surface area contributed by atoms with Crippen molar-refractivity contribution < 1.29 is 4.39 Å². The molecule has 0 aliphatic rings. The summed E-state index contributed by atoms with van der Waals surface area (Å²) in [5.41, 5.74) is 5.52. The van der Waals surface area contributed by atoms with Gasteiger partial charge in [0.05, 0.1) is 0 Å². The summed E-state index contributed by atoms with van der Waals surface area (Å²) in [4.78, 5) is 0. The number of rotatable bonds is 3. The van der Waals surface area contributed by atoms with E-state index in [-0.39, 0.29) is 5.82 Å². The highest BCUT2D eigenvalue weighted by Gasteiger charge is 1.97. The Kier molecular flexibility index (Phi) is 6.67. The highest BCUT2D eigenvalue weighted by molar-refractivity contribution is 5.48. The van der Waals surface area contributed by atoms with Crippen LogP contribution in [0, 0.1) is 36.4 Å². The summed E-state index contributed by atoms with van der Waals surface area (Å²) in [5.74, 6) is 12.2. The van der Waals surface area contributed by atoms with Crippen LogP contribution in [-0.4, -0.2) is 0 Å². The Morgan fingerprint density at radius 3 is 1.64 bits per heavy atom. The van der Waals surface area contributed by atoms with Crippen molar-refractivity contribution in [2.24, 2.45) is 0 Å². The van der Waals surface area contributed by atoms with Crippen LogP contribution in [0.3, 0.4) is 0 Å². The van der Waals surface area contributed by atoms with E-state index in [1.807, 2.05) is 30.3 Å². The fourth-order valence-electron chi connectivity index (χ4n) is 2.73. The number of halogens is 1. The third-order valence-electron chi connectivity index (χ3n) is 4.53. The molecule has 3 rings (SSSR count). The van der Waals surface area contributed by atoms with Crippen molar-refractivity contribution in [1.82, 2.24) is 0 Å². The number of unbranched alkanes of at least 4 members (excludes halogenated alkanes) is 1. The molecular weight excluding hydrogens is 343 g/mol. The molecule has 3 aromatic carbocycles. The first-order valence-electron chi connectivity index (χ1n) is 9.63. The average Bonchev–Trinajstić information content (AvgIpc) is 2.73. The zero-order valence-corrected chi connectivity index (χ0v) is 16.4. The topological polar surface area (TPSA) is 0 Å². The van der Waals surface area contributed by atoms with Crippen molar-refractivity contribution >= 4 is 0 Å². The third-order valence-corrected chi connectivity index (χ3v) is 4.53. The van der Waals surface area contributed by atoms with Gasteiger partial charge in [-0.1, -0.05) is 55.2 Å². The molecule has 0 unspecified atom stereocenters. The van der Waals surface area contributed by atoms with Crippen molar-refractivity contribution in [3.05, 3.63) is 106 Å². The second-order valence-corrected chi connectivity index (χ2v) is 6.84. The van der Waals surface area contributed by atoms with Gasteiger partial charge in [0.2, 0.25) is 0 Å². The van der Waals surface area contributed by atoms with E-state index in [9.17, 15) is 4.39 Å². The molecule has 138 valence electrons. The van der Waals surface area contributed by atoms with E-state index >= 15 is 0 Å². The van der Waals surface area contributed by atoms with Gasteiger partial charge in [-0.05, 0) is 79.4 Å². The van der Waals surface area contributed by atoms with Gasteiger partial charge in [-0.2, -0.15) is 0 Å². The van der Waals surface area contributed by atoms with Crippen molar-refractivity contribution in [2.45, 2.75) is 33.1 Å². The normalized spacial score (nSPS) is 9.82. The van der Waals surface area contributed by atoms with Crippen molar-refractivity contribution in [1.29, 1.82) is 0 Å². The Morgan fingerprint density at radius 1 is 0.679 bits per heavy atom. The van der Waals surface area contributed by atoms with Crippen LogP contribution in [0.15, 0.2) is 66.7 Å². The zero-order valence-electron chi connectivity index (χ0n) is 16.4. The van der Waals surface area contributed by atoms with E-state index in [0.29, 0.717) is 11.1 Å². The maximum Gasteiger partial charge on any atom is 0.127 e. The van der Waals surface area contributed by atoms with E-state index in [1.54, 1.807) is 13.0 Å². The Bertz CT molecular complexity index is 1050. The number of benzene rings is 3. The highest BCUT2D eigenvalue weighted by atomic mass is 19.1. The zero-order chi connectivity index (χ0) is 19.8. The van der Waals surface area contributed by atoms with Gasteiger partial charge < -0.3 is 0 Å². The first-order chi connectivity index (χ1) is 13.6. The minimum atomic E-state index is -0.226. The molecule has 0 spiro atoms. The van der Waals surface area contributed by atoms with Gasteiger partial charge in [0.1, 0.15) is 5.82 Å².